The van der Waals surface area contributed by atoms with Crippen molar-refractivity contribution in [1.29, 1.82) is 0 Å². The summed E-state index contributed by atoms with van der Waals surface area (Å²) in [6.45, 7) is 29.9. The van der Waals surface area contributed by atoms with Crippen LogP contribution in [0.25, 0.3) is 88.0 Å². The first-order valence-corrected chi connectivity index (χ1v) is 37.5. The second-order valence-electron chi connectivity index (χ2n) is 33.3. The first-order chi connectivity index (χ1) is 54.0. The number of nitrogens with zero attached hydrogens (tertiary/aromatic N) is 6. The van der Waals surface area contributed by atoms with Gasteiger partial charge in [0.05, 0.1) is 22.7 Å². The molecule has 4 saturated heterocycles. The Morgan fingerprint density at radius 2 is 0.637 bits per heavy atom. The van der Waals surface area contributed by atoms with Crippen LogP contribution in [-0.2, 0) is 0 Å². The third kappa shape index (κ3) is 11.3. The van der Waals surface area contributed by atoms with Crippen LogP contribution in [0.4, 0.5) is 22.7 Å². The molecule has 6 unspecified atom stereocenters. The molecule has 536 valence electrons. The highest BCUT2D eigenvalue weighted by Gasteiger charge is 2.57. The zero-order valence-electron chi connectivity index (χ0n) is 77.4. The third-order valence-corrected chi connectivity index (χ3v) is 24.6. The van der Waals surface area contributed by atoms with Crippen molar-refractivity contribution in [2.75, 3.05) is 19.6 Å². The zero-order chi connectivity index (χ0) is 84.3. The number of hydrogen-bond acceptors (Lipinski definition) is 10. The number of anilines is 4. The van der Waals surface area contributed by atoms with Gasteiger partial charge in [0.15, 0.2) is 22.3 Å². The molecule has 2 spiro atoms. The van der Waals surface area contributed by atoms with Crippen LogP contribution in [0.2, 0.25) is 0 Å². The summed E-state index contributed by atoms with van der Waals surface area (Å²) in [5.74, 6) is 0. The summed E-state index contributed by atoms with van der Waals surface area (Å²) in [5.41, 5.74) is 6.41. The van der Waals surface area contributed by atoms with Crippen LogP contribution in [-0.4, -0.2) is 56.3 Å². The lowest BCUT2D eigenvalue weighted by atomic mass is 9.68. The minimum atomic E-state index is -2.47. The standard InChI is InChI=1S/C25H31NO.C24H30N2O.C22H27NO.C21H26N2O/c1-17-12-13-20-19-10-6-7-11-21(19)27-23(20)22(17)26-18(2)25(16-24(26,3)4)14-8-5-9-15-25;1-16-10-11-18-19-9-8-14-25-22(19)27-21(18)20(16)26-17(2)24(15-23(26,3)4)12-6-5-7-13-24;1-14-11-12-17-16-9-7-8-10-18(16)24-20(17)19(14)23-15(2)21(3,4)13-22(23,5)6;1-13-9-10-15-16-8-7-11-22-19(16)24-18(15)17(13)23-14(2)20(3,4)12-21(23,5)6/h6-7,10-13,18H,5,8-9,14-16H2,1-4H3;8-11,14,17H,5-7,12-13,15H2,1-4H3;7-12,15H,13H2,1-6H3;7-11,14H,12H2,1-6H3/i16D2;15D2;3D3,13D2;3D3,12D2. The van der Waals surface area contributed by atoms with Gasteiger partial charge in [-0.2, -0.15) is 0 Å². The van der Waals surface area contributed by atoms with E-state index < -0.39 is 84.3 Å². The Morgan fingerprint density at radius 3 is 0.971 bits per heavy atom. The zero-order valence-corrected chi connectivity index (χ0v) is 63.4. The van der Waals surface area contributed by atoms with Gasteiger partial charge in [0.1, 0.15) is 11.2 Å². The van der Waals surface area contributed by atoms with Gasteiger partial charge < -0.3 is 37.3 Å². The van der Waals surface area contributed by atoms with Crippen molar-refractivity contribution in [1.82, 2.24) is 9.97 Å². The Hall–Kier alpha value is -7.98. The van der Waals surface area contributed by atoms with Gasteiger partial charge in [0.25, 0.3) is 0 Å². The van der Waals surface area contributed by atoms with E-state index in [0.717, 1.165) is 162 Å². The molecule has 10 nitrogen and oxygen atoms in total. The predicted octanol–water partition coefficient (Wildman–Crippen LogP) is 25.8. The molecule has 10 heterocycles. The van der Waals surface area contributed by atoms with Gasteiger partial charge in [0, 0.05) is 121 Å². The molecule has 0 N–H and O–H groups in total. The molecule has 6 aromatic heterocycles. The number of aromatic nitrogens is 2. The van der Waals surface area contributed by atoms with Gasteiger partial charge in [-0.3, -0.25) is 0 Å². The van der Waals surface area contributed by atoms with E-state index in [2.05, 4.69) is 112 Å². The van der Waals surface area contributed by atoms with E-state index in [-0.39, 0.29) is 22.9 Å². The van der Waals surface area contributed by atoms with Gasteiger partial charge in [-0.15, -0.1) is 0 Å². The molecule has 6 aromatic carbocycles. The van der Waals surface area contributed by atoms with Gasteiger partial charge >= 0.3 is 0 Å². The lowest BCUT2D eigenvalue weighted by Gasteiger charge is -2.41. The largest absolute Gasteiger partial charge is 0.454 e. The van der Waals surface area contributed by atoms with E-state index in [4.69, 9.17) is 31.4 Å². The van der Waals surface area contributed by atoms with Crippen LogP contribution in [0.15, 0.2) is 151 Å². The van der Waals surface area contributed by atoms with E-state index in [9.17, 15) is 5.48 Å². The highest BCUT2D eigenvalue weighted by atomic mass is 16.3. The Bertz CT molecular complexity index is 5480. The van der Waals surface area contributed by atoms with Gasteiger partial charge in [0.2, 0.25) is 11.4 Å². The SMILES string of the molecule is [2H]C([2H])([2H])C1(C)C(C)N(c2c(C)ccc3c2oc2ccccc23)C(C)(C)C1([2H])[2H].[2H]C([2H])([2H])C1(C)C(C)N(c2c(C)ccc3c2oc2ncccc23)C(C)(C)C1([2H])[2H].[2H]C1([2H])C2(CCCCC2)C(C)N(c2c(C)ccc3c2oc2ccccc23)C1(C)C.[2H]C1([2H])C2(CCCCC2)C(C)N(c2c(C)ccc3c2oc2ncccc23)C1(C)C. The number of pyridine rings is 2. The molecular formula is C92H114N6O4. The molecule has 0 bridgehead atoms. The molecule has 102 heavy (non-hydrogen) atoms. The van der Waals surface area contributed by atoms with E-state index in [1.165, 1.54) is 12.8 Å². The van der Waals surface area contributed by atoms with Crippen molar-refractivity contribution in [3.63, 3.8) is 0 Å². The minimum absolute atomic E-state index is 0.0956. The predicted molar refractivity (Wildman–Crippen MR) is 431 cm³/mol. The average Bonchev–Trinajstić information content (AvgIpc) is 1.52. The molecule has 0 amide bonds. The number of rotatable bonds is 4. The first-order valence-electron chi connectivity index (χ1n) is 44.5. The molecule has 2 saturated carbocycles. The van der Waals surface area contributed by atoms with Crippen LogP contribution in [0, 0.1) is 49.4 Å². The molecule has 6 atom stereocenters. The number of para-hydroxylation sites is 2. The van der Waals surface area contributed by atoms with Crippen molar-refractivity contribution >= 4 is 111 Å². The normalized spacial score (nSPS) is 29.6. The third-order valence-electron chi connectivity index (χ3n) is 24.6. The molecular weight excluding hydrogens is 1250 g/mol. The van der Waals surface area contributed by atoms with E-state index in [1.807, 2.05) is 116 Å². The summed E-state index contributed by atoms with van der Waals surface area (Å²) in [6, 6.07) is 39.4. The summed E-state index contributed by atoms with van der Waals surface area (Å²) < 4.78 is 147. The fourth-order valence-electron chi connectivity index (χ4n) is 19.9. The lowest BCUT2D eigenvalue weighted by Crippen LogP contribution is -2.44. The monoisotopic (exact) mass is 1380 g/mol. The Labute approximate surface area is 626 Å². The van der Waals surface area contributed by atoms with E-state index >= 15 is 0 Å². The van der Waals surface area contributed by atoms with Crippen molar-refractivity contribution in [2.24, 2.45) is 21.7 Å². The summed E-state index contributed by atoms with van der Waals surface area (Å²) in [7, 11) is 0. The van der Waals surface area contributed by atoms with Gasteiger partial charge in [-0.25, -0.2) is 9.97 Å². The fraction of sp³-hybridized carbons (Fsp3) is 0.500. The van der Waals surface area contributed by atoms with Gasteiger partial charge in [-0.05, 0) is 242 Å². The maximum atomic E-state index is 9.32. The quantitative estimate of drug-likeness (QED) is 0.170. The number of hydrogen-bond donors (Lipinski definition) is 0. The molecule has 6 aliphatic rings. The summed E-state index contributed by atoms with van der Waals surface area (Å²) in [4.78, 5) is 17.3. The summed E-state index contributed by atoms with van der Waals surface area (Å²) in [5, 5.41) is 8.04. The second kappa shape index (κ2) is 24.9. The highest BCUT2D eigenvalue weighted by Crippen LogP contribution is 2.60. The van der Waals surface area contributed by atoms with Gasteiger partial charge in [-0.1, -0.05) is 151 Å². The van der Waals surface area contributed by atoms with Crippen LogP contribution in [0.5, 0.6) is 0 Å². The van der Waals surface area contributed by atoms with Crippen molar-refractivity contribution in [3.8, 4) is 0 Å². The fourth-order valence-corrected chi connectivity index (χ4v) is 19.9. The Balaban J connectivity index is 0.000000121. The Morgan fingerprint density at radius 1 is 0.343 bits per heavy atom. The molecule has 6 fully saturated rings. The minimum Gasteiger partial charge on any atom is -0.454 e. The average molecular weight is 1380 g/mol. The molecule has 12 aromatic rings. The topological polar surface area (TPSA) is 91.3 Å². The maximum absolute atomic E-state index is 9.32. The van der Waals surface area contributed by atoms with Crippen LogP contribution >= 0.6 is 0 Å². The smallest absolute Gasteiger partial charge is 0.227 e. The maximum Gasteiger partial charge on any atom is 0.227 e. The van der Waals surface area contributed by atoms with Crippen molar-refractivity contribution in [2.45, 2.75) is 274 Å². The molecule has 10 heteroatoms. The van der Waals surface area contributed by atoms with E-state index in [0.29, 0.717) is 22.6 Å². The molecule has 0 radical (unpaired) electrons. The number of benzene rings is 6. The summed E-state index contributed by atoms with van der Waals surface area (Å²) in [6.07, 6.45) is 7.69. The summed E-state index contributed by atoms with van der Waals surface area (Å²) >= 11 is 0. The van der Waals surface area contributed by atoms with Crippen LogP contribution < -0.4 is 19.6 Å². The highest BCUT2D eigenvalue weighted by molar-refractivity contribution is 6.12. The van der Waals surface area contributed by atoms with E-state index in [1.54, 1.807) is 60.9 Å². The second-order valence-corrected chi connectivity index (χ2v) is 33.3. The number of fused-ring (bicyclic) bond motifs is 12. The van der Waals surface area contributed by atoms with Crippen molar-refractivity contribution < 1.29 is 36.9 Å². The molecule has 18 rings (SSSR count). The Kier molecular flexibility index (Phi) is 13.3. The van der Waals surface area contributed by atoms with Crippen LogP contribution in [0.3, 0.4) is 0 Å². The lowest BCUT2D eigenvalue weighted by molar-refractivity contribution is 0.170. The first kappa shape index (κ1) is 54.6. The number of aryl methyl sites for hydroxylation is 4. The van der Waals surface area contributed by atoms with Crippen molar-refractivity contribution in [3.05, 3.63) is 156 Å². The number of furan rings is 4. The van der Waals surface area contributed by atoms with Crippen LogP contribution in [0.1, 0.15) is 242 Å². The molecule has 4 aliphatic heterocycles. The molecule has 2 aliphatic carbocycles.